The molecule has 23 heavy (non-hydrogen) atoms. The minimum Gasteiger partial charge on any atom is -0.396 e. The molecular formula is C18H19ClN2O2. The summed E-state index contributed by atoms with van der Waals surface area (Å²) < 4.78 is 0. The van der Waals surface area contributed by atoms with Gasteiger partial charge in [0.2, 0.25) is 5.91 Å². The van der Waals surface area contributed by atoms with E-state index in [1.807, 2.05) is 35.2 Å². The first-order valence-electron chi connectivity index (χ1n) is 7.71. The van der Waals surface area contributed by atoms with Gasteiger partial charge in [-0.1, -0.05) is 29.8 Å². The normalized spacial score (nSPS) is 20.7. The van der Waals surface area contributed by atoms with Crippen LogP contribution in [0.3, 0.4) is 0 Å². The van der Waals surface area contributed by atoms with Gasteiger partial charge in [0.15, 0.2) is 0 Å². The molecule has 5 heteroatoms. The van der Waals surface area contributed by atoms with Crippen LogP contribution >= 0.6 is 11.6 Å². The second-order valence-electron chi connectivity index (χ2n) is 5.91. The van der Waals surface area contributed by atoms with Crippen LogP contribution in [0.5, 0.6) is 0 Å². The van der Waals surface area contributed by atoms with E-state index in [1.54, 1.807) is 18.3 Å². The van der Waals surface area contributed by atoms with Crippen LogP contribution in [-0.2, 0) is 11.2 Å². The second-order valence-corrected chi connectivity index (χ2v) is 6.34. The molecule has 1 aromatic carbocycles. The Morgan fingerprint density at radius 2 is 2.00 bits per heavy atom. The topological polar surface area (TPSA) is 53.4 Å². The van der Waals surface area contributed by atoms with Crippen LogP contribution in [0.1, 0.15) is 17.2 Å². The molecule has 1 fully saturated rings. The Morgan fingerprint density at radius 1 is 1.22 bits per heavy atom. The number of nitrogens with zero attached hydrogens (tertiary/aromatic N) is 2. The zero-order chi connectivity index (χ0) is 16.2. The number of carbonyl (C=O) groups excluding carboxylic acids is 1. The fraction of sp³-hybridized carbons (Fsp3) is 0.333. The zero-order valence-electron chi connectivity index (χ0n) is 12.7. The van der Waals surface area contributed by atoms with Crippen molar-refractivity contribution in [1.82, 2.24) is 9.88 Å². The summed E-state index contributed by atoms with van der Waals surface area (Å²) in [5.41, 5.74) is 1.88. The van der Waals surface area contributed by atoms with Crippen LogP contribution in [0.25, 0.3) is 0 Å². The average Bonchev–Trinajstić information content (AvgIpc) is 3.02. The number of amides is 1. The molecule has 2 aromatic rings. The number of halogens is 1. The molecule has 1 aliphatic rings. The predicted octanol–water partition coefficient (Wildman–Crippen LogP) is 2.51. The molecule has 0 unspecified atom stereocenters. The molecule has 0 aliphatic carbocycles. The number of hydrogen-bond acceptors (Lipinski definition) is 3. The summed E-state index contributed by atoms with van der Waals surface area (Å²) in [6.07, 6.45) is 2.10. The summed E-state index contributed by atoms with van der Waals surface area (Å²) in [5.74, 6) is 0.207. The van der Waals surface area contributed by atoms with E-state index >= 15 is 0 Å². The lowest BCUT2D eigenvalue weighted by Crippen LogP contribution is -2.30. The molecule has 1 aromatic heterocycles. The number of benzene rings is 1. The first-order chi connectivity index (χ1) is 11.2. The van der Waals surface area contributed by atoms with Gasteiger partial charge in [0.25, 0.3) is 0 Å². The molecule has 0 radical (unpaired) electrons. The Kier molecular flexibility index (Phi) is 4.94. The predicted molar refractivity (Wildman–Crippen MR) is 89.3 cm³/mol. The number of pyridine rings is 1. The summed E-state index contributed by atoms with van der Waals surface area (Å²) in [4.78, 5) is 18.7. The molecule has 1 amide bonds. The van der Waals surface area contributed by atoms with Crippen LogP contribution < -0.4 is 0 Å². The van der Waals surface area contributed by atoms with Crippen molar-refractivity contribution in [2.75, 3.05) is 19.7 Å². The van der Waals surface area contributed by atoms with Gasteiger partial charge in [0, 0.05) is 48.4 Å². The number of aliphatic hydroxyl groups excluding tert-OH is 1. The van der Waals surface area contributed by atoms with Crippen molar-refractivity contribution >= 4 is 17.5 Å². The van der Waals surface area contributed by atoms with E-state index < -0.39 is 0 Å². The summed E-state index contributed by atoms with van der Waals surface area (Å²) in [7, 11) is 0. The second kappa shape index (κ2) is 7.11. The number of rotatable bonds is 4. The molecule has 0 saturated carbocycles. The number of carbonyl (C=O) groups is 1. The van der Waals surface area contributed by atoms with Crippen molar-refractivity contribution in [2.45, 2.75) is 12.3 Å². The van der Waals surface area contributed by atoms with Gasteiger partial charge < -0.3 is 10.0 Å². The lowest BCUT2D eigenvalue weighted by atomic mass is 9.93. The van der Waals surface area contributed by atoms with E-state index in [1.165, 1.54) is 0 Å². The largest absolute Gasteiger partial charge is 0.396 e. The first-order valence-corrected chi connectivity index (χ1v) is 8.09. The van der Waals surface area contributed by atoms with E-state index in [-0.39, 0.29) is 24.3 Å². The van der Waals surface area contributed by atoms with Gasteiger partial charge in [-0.2, -0.15) is 0 Å². The third-order valence-corrected chi connectivity index (χ3v) is 4.62. The Balaban J connectivity index is 1.69. The summed E-state index contributed by atoms with van der Waals surface area (Å²) in [6, 6.07) is 13.1. The summed E-state index contributed by atoms with van der Waals surface area (Å²) in [5, 5.41) is 10.3. The first kappa shape index (κ1) is 16.0. The molecule has 1 aliphatic heterocycles. The van der Waals surface area contributed by atoms with Gasteiger partial charge in [0.05, 0.1) is 6.42 Å². The van der Waals surface area contributed by atoms with E-state index in [0.717, 1.165) is 11.3 Å². The number of hydrogen-bond donors (Lipinski definition) is 1. The molecule has 2 heterocycles. The van der Waals surface area contributed by atoms with Crippen LogP contribution in [0.15, 0.2) is 48.7 Å². The van der Waals surface area contributed by atoms with Crippen molar-refractivity contribution < 1.29 is 9.90 Å². The van der Waals surface area contributed by atoms with Crippen molar-refractivity contribution in [3.05, 3.63) is 64.9 Å². The van der Waals surface area contributed by atoms with E-state index in [4.69, 9.17) is 11.6 Å². The van der Waals surface area contributed by atoms with E-state index in [2.05, 4.69) is 4.98 Å². The van der Waals surface area contributed by atoms with Crippen LogP contribution in [-0.4, -0.2) is 40.6 Å². The molecule has 0 spiro atoms. The number of likely N-dealkylation sites (tertiary alicyclic amines) is 1. The van der Waals surface area contributed by atoms with Crippen molar-refractivity contribution in [3.63, 3.8) is 0 Å². The molecule has 0 bridgehead atoms. The lowest BCUT2D eigenvalue weighted by Gasteiger charge is -2.16. The van der Waals surface area contributed by atoms with Gasteiger partial charge in [-0.05, 0) is 29.8 Å². The Bertz CT molecular complexity index is 660. The highest BCUT2D eigenvalue weighted by atomic mass is 35.5. The highest BCUT2D eigenvalue weighted by Crippen LogP contribution is 2.31. The zero-order valence-corrected chi connectivity index (χ0v) is 13.5. The maximum atomic E-state index is 12.5. The van der Waals surface area contributed by atoms with Crippen molar-refractivity contribution in [1.29, 1.82) is 0 Å². The molecule has 120 valence electrons. The van der Waals surface area contributed by atoms with Gasteiger partial charge >= 0.3 is 0 Å². The molecule has 1 saturated heterocycles. The highest BCUT2D eigenvalue weighted by Gasteiger charge is 2.36. The molecular weight excluding hydrogens is 312 g/mol. The Labute approximate surface area is 140 Å². The fourth-order valence-corrected chi connectivity index (χ4v) is 3.20. The fourth-order valence-electron chi connectivity index (χ4n) is 3.08. The van der Waals surface area contributed by atoms with Crippen molar-refractivity contribution in [3.8, 4) is 0 Å². The summed E-state index contributed by atoms with van der Waals surface area (Å²) >= 11 is 5.87. The number of aromatic nitrogens is 1. The average molecular weight is 331 g/mol. The van der Waals surface area contributed by atoms with E-state index in [9.17, 15) is 9.90 Å². The van der Waals surface area contributed by atoms with Crippen LogP contribution in [0.2, 0.25) is 5.02 Å². The highest BCUT2D eigenvalue weighted by molar-refractivity contribution is 6.30. The smallest absolute Gasteiger partial charge is 0.227 e. The monoisotopic (exact) mass is 330 g/mol. The SMILES string of the molecule is O=C(Cc1ccc(Cl)cc1)N1C[C@@H](CO)[C@H](c2ccccn2)C1. The third-order valence-electron chi connectivity index (χ3n) is 4.36. The Hall–Kier alpha value is -1.91. The molecule has 3 rings (SSSR count). The van der Waals surface area contributed by atoms with Gasteiger partial charge in [-0.3, -0.25) is 9.78 Å². The quantitative estimate of drug-likeness (QED) is 0.937. The lowest BCUT2D eigenvalue weighted by molar-refractivity contribution is -0.129. The molecule has 2 atom stereocenters. The van der Waals surface area contributed by atoms with Gasteiger partial charge in [-0.15, -0.1) is 0 Å². The minimum atomic E-state index is 0.0408. The maximum Gasteiger partial charge on any atom is 0.227 e. The summed E-state index contributed by atoms with van der Waals surface area (Å²) in [6.45, 7) is 1.24. The van der Waals surface area contributed by atoms with Gasteiger partial charge in [0.1, 0.15) is 0 Å². The number of aliphatic hydroxyl groups is 1. The minimum absolute atomic E-state index is 0.0408. The van der Waals surface area contributed by atoms with Crippen LogP contribution in [0, 0.1) is 5.92 Å². The van der Waals surface area contributed by atoms with E-state index in [0.29, 0.717) is 24.5 Å². The molecule has 1 N–H and O–H groups in total. The van der Waals surface area contributed by atoms with Crippen molar-refractivity contribution in [2.24, 2.45) is 5.92 Å². The third kappa shape index (κ3) is 3.71. The standard InChI is InChI=1S/C18H19ClN2O2/c19-15-6-4-13(5-7-15)9-18(23)21-10-14(12-22)16(11-21)17-3-1-2-8-20-17/h1-8,14,16,22H,9-12H2/t14-,16+/m0/s1. The maximum absolute atomic E-state index is 12.5. The molecule has 4 nitrogen and oxygen atoms in total. The van der Waals surface area contributed by atoms with Crippen LogP contribution in [0.4, 0.5) is 0 Å². The van der Waals surface area contributed by atoms with Gasteiger partial charge in [-0.25, -0.2) is 0 Å². The Morgan fingerprint density at radius 3 is 2.65 bits per heavy atom.